The van der Waals surface area contributed by atoms with Crippen LogP contribution in [0.5, 0.6) is 0 Å². The molecule has 0 aliphatic carbocycles. The van der Waals surface area contributed by atoms with Crippen molar-refractivity contribution < 1.29 is 14.3 Å². The number of hydrogen-bond donors (Lipinski definition) is 1. The van der Waals surface area contributed by atoms with E-state index >= 15 is 0 Å². The minimum atomic E-state index is -0.874. The zero-order chi connectivity index (χ0) is 13.9. The fourth-order valence-corrected chi connectivity index (χ4v) is 2.98. The lowest BCUT2D eigenvalue weighted by atomic mass is 10.2. The van der Waals surface area contributed by atoms with Gasteiger partial charge in [-0.1, -0.05) is 30.3 Å². The molecule has 0 saturated heterocycles. The predicted octanol–water partition coefficient (Wildman–Crippen LogP) is 3.70. The van der Waals surface area contributed by atoms with E-state index in [4.69, 9.17) is 9.52 Å². The van der Waals surface area contributed by atoms with Gasteiger partial charge in [0, 0.05) is 10.4 Å². The van der Waals surface area contributed by atoms with Gasteiger partial charge in [0.25, 0.3) is 0 Å². The van der Waals surface area contributed by atoms with Crippen LogP contribution in [0.15, 0.2) is 53.1 Å². The summed E-state index contributed by atoms with van der Waals surface area (Å²) in [7, 11) is 0. The van der Waals surface area contributed by atoms with Crippen LogP contribution < -0.4 is 0 Å². The van der Waals surface area contributed by atoms with Crippen molar-refractivity contribution in [2.24, 2.45) is 0 Å². The van der Waals surface area contributed by atoms with Gasteiger partial charge in [-0.2, -0.15) is 0 Å². The zero-order valence-corrected chi connectivity index (χ0v) is 11.3. The van der Waals surface area contributed by atoms with Crippen molar-refractivity contribution in [3.8, 4) is 22.0 Å². The molecule has 2 heterocycles. The highest BCUT2D eigenvalue weighted by Gasteiger charge is 2.18. The molecule has 0 bridgehead atoms. The standard InChI is InChI=1S/C15H11NO3S/c17-13(18)9-12-14(11-7-4-8-19-11)16-15(20-12)10-5-2-1-3-6-10/h1-8H,9H2,(H,17,18). The fraction of sp³-hybridized carbons (Fsp3) is 0.0667. The van der Waals surface area contributed by atoms with Crippen molar-refractivity contribution in [3.05, 3.63) is 53.6 Å². The highest BCUT2D eigenvalue weighted by Crippen LogP contribution is 2.34. The number of carboxylic acids is 1. The summed E-state index contributed by atoms with van der Waals surface area (Å²) in [6, 6.07) is 13.3. The van der Waals surface area contributed by atoms with Gasteiger partial charge >= 0.3 is 5.97 Å². The van der Waals surface area contributed by atoms with Gasteiger partial charge in [-0.15, -0.1) is 11.3 Å². The van der Waals surface area contributed by atoms with Crippen molar-refractivity contribution in [2.45, 2.75) is 6.42 Å². The van der Waals surface area contributed by atoms with Gasteiger partial charge in [0.15, 0.2) is 5.76 Å². The van der Waals surface area contributed by atoms with Crippen molar-refractivity contribution >= 4 is 17.3 Å². The first-order valence-corrected chi connectivity index (χ1v) is 6.86. The molecule has 100 valence electrons. The number of carbonyl (C=O) groups is 1. The summed E-state index contributed by atoms with van der Waals surface area (Å²) in [4.78, 5) is 16.2. The molecule has 4 nitrogen and oxygen atoms in total. The molecule has 0 unspecified atom stereocenters. The topological polar surface area (TPSA) is 63.3 Å². The van der Waals surface area contributed by atoms with E-state index in [0.29, 0.717) is 16.3 Å². The number of benzene rings is 1. The summed E-state index contributed by atoms with van der Waals surface area (Å²) in [5, 5.41) is 9.82. The fourth-order valence-electron chi connectivity index (χ4n) is 1.92. The monoisotopic (exact) mass is 285 g/mol. The Labute approximate surface area is 119 Å². The summed E-state index contributed by atoms with van der Waals surface area (Å²) < 4.78 is 5.34. The lowest BCUT2D eigenvalue weighted by molar-refractivity contribution is -0.136. The maximum absolute atomic E-state index is 11.0. The van der Waals surface area contributed by atoms with E-state index in [1.54, 1.807) is 18.4 Å². The van der Waals surface area contributed by atoms with Crippen LogP contribution in [-0.2, 0) is 11.2 Å². The molecule has 0 saturated carbocycles. The summed E-state index contributed by atoms with van der Waals surface area (Å²) in [5.74, 6) is -0.277. The largest absolute Gasteiger partial charge is 0.481 e. The molecule has 20 heavy (non-hydrogen) atoms. The summed E-state index contributed by atoms with van der Waals surface area (Å²) in [6.45, 7) is 0. The number of furan rings is 1. The predicted molar refractivity (Wildman–Crippen MR) is 76.6 cm³/mol. The first kappa shape index (κ1) is 12.6. The van der Waals surface area contributed by atoms with Crippen LogP contribution in [0.3, 0.4) is 0 Å². The van der Waals surface area contributed by atoms with E-state index in [1.165, 1.54) is 11.3 Å². The van der Waals surface area contributed by atoms with Gasteiger partial charge in [0.1, 0.15) is 10.7 Å². The molecule has 2 aromatic heterocycles. The lowest BCUT2D eigenvalue weighted by Gasteiger charge is -1.94. The third-order valence-electron chi connectivity index (χ3n) is 2.78. The molecule has 3 rings (SSSR count). The molecule has 3 aromatic rings. The van der Waals surface area contributed by atoms with E-state index in [9.17, 15) is 4.79 Å². The van der Waals surface area contributed by atoms with Gasteiger partial charge < -0.3 is 9.52 Å². The highest BCUT2D eigenvalue weighted by atomic mass is 32.1. The quantitative estimate of drug-likeness (QED) is 0.794. The number of carboxylic acid groups (broad SMARTS) is 1. The number of thiazole rings is 1. The van der Waals surface area contributed by atoms with Crippen LogP contribution in [-0.4, -0.2) is 16.1 Å². The Morgan fingerprint density at radius 1 is 1.20 bits per heavy atom. The molecule has 0 aliphatic heterocycles. The Kier molecular flexibility index (Phi) is 3.35. The van der Waals surface area contributed by atoms with Crippen LogP contribution in [0, 0.1) is 0 Å². The number of hydrogen-bond acceptors (Lipinski definition) is 4. The van der Waals surface area contributed by atoms with E-state index in [-0.39, 0.29) is 6.42 Å². The second-order valence-corrected chi connectivity index (χ2v) is 5.29. The van der Waals surface area contributed by atoms with E-state index in [2.05, 4.69) is 4.98 Å². The first-order chi connectivity index (χ1) is 9.74. The second kappa shape index (κ2) is 5.30. The van der Waals surface area contributed by atoms with Gasteiger partial charge in [0.05, 0.1) is 12.7 Å². The van der Waals surface area contributed by atoms with Gasteiger partial charge in [-0.25, -0.2) is 4.98 Å². The van der Waals surface area contributed by atoms with Crippen molar-refractivity contribution in [3.63, 3.8) is 0 Å². The Morgan fingerprint density at radius 3 is 2.65 bits per heavy atom. The number of aromatic nitrogens is 1. The molecule has 1 aromatic carbocycles. The minimum absolute atomic E-state index is 0.0550. The average molecular weight is 285 g/mol. The molecular weight excluding hydrogens is 274 g/mol. The Balaban J connectivity index is 2.08. The van der Waals surface area contributed by atoms with Gasteiger partial charge in [-0.05, 0) is 12.1 Å². The number of rotatable bonds is 4. The van der Waals surface area contributed by atoms with E-state index < -0.39 is 5.97 Å². The maximum Gasteiger partial charge on any atom is 0.308 e. The van der Waals surface area contributed by atoms with Crippen LogP contribution in [0.4, 0.5) is 0 Å². The Bertz CT molecular complexity index is 717. The maximum atomic E-state index is 11.0. The molecule has 0 aliphatic rings. The summed E-state index contributed by atoms with van der Waals surface area (Å²) in [5.41, 5.74) is 1.59. The molecule has 0 amide bonds. The number of nitrogens with zero attached hydrogens (tertiary/aromatic N) is 1. The normalized spacial score (nSPS) is 10.6. The average Bonchev–Trinajstić information content (AvgIpc) is 3.08. The van der Waals surface area contributed by atoms with Crippen molar-refractivity contribution in [1.82, 2.24) is 4.98 Å². The molecular formula is C15H11NO3S. The molecule has 5 heteroatoms. The molecule has 0 fully saturated rings. The summed E-state index contributed by atoms with van der Waals surface area (Å²) >= 11 is 1.39. The van der Waals surface area contributed by atoms with Crippen molar-refractivity contribution in [1.29, 1.82) is 0 Å². The third-order valence-corrected chi connectivity index (χ3v) is 3.89. The molecule has 0 atom stereocenters. The van der Waals surface area contributed by atoms with E-state index in [1.807, 2.05) is 30.3 Å². The third kappa shape index (κ3) is 2.48. The summed E-state index contributed by atoms with van der Waals surface area (Å²) in [6.07, 6.45) is 1.50. The lowest BCUT2D eigenvalue weighted by Crippen LogP contribution is -1.99. The molecule has 0 spiro atoms. The van der Waals surface area contributed by atoms with Crippen LogP contribution in [0.1, 0.15) is 4.88 Å². The zero-order valence-electron chi connectivity index (χ0n) is 10.4. The van der Waals surface area contributed by atoms with Crippen molar-refractivity contribution in [2.75, 3.05) is 0 Å². The SMILES string of the molecule is O=C(O)Cc1sc(-c2ccccc2)nc1-c1ccco1. The molecule has 1 N–H and O–H groups in total. The van der Waals surface area contributed by atoms with E-state index in [0.717, 1.165) is 10.6 Å². The van der Waals surface area contributed by atoms with Crippen LogP contribution >= 0.6 is 11.3 Å². The molecule has 0 radical (unpaired) electrons. The Hall–Kier alpha value is -2.40. The van der Waals surface area contributed by atoms with Gasteiger partial charge in [-0.3, -0.25) is 4.79 Å². The minimum Gasteiger partial charge on any atom is -0.481 e. The smallest absolute Gasteiger partial charge is 0.308 e. The second-order valence-electron chi connectivity index (χ2n) is 4.20. The number of aliphatic carboxylic acids is 1. The highest BCUT2D eigenvalue weighted by molar-refractivity contribution is 7.15. The first-order valence-electron chi connectivity index (χ1n) is 6.05. The van der Waals surface area contributed by atoms with Crippen LogP contribution in [0.25, 0.3) is 22.0 Å². The van der Waals surface area contributed by atoms with Crippen LogP contribution in [0.2, 0.25) is 0 Å². The Morgan fingerprint density at radius 2 is 2.00 bits per heavy atom. The van der Waals surface area contributed by atoms with Gasteiger partial charge in [0.2, 0.25) is 0 Å².